The second-order valence-corrected chi connectivity index (χ2v) is 8.13. The van der Waals surface area contributed by atoms with Gasteiger partial charge in [0.05, 0.1) is 6.10 Å². The van der Waals surface area contributed by atoms with Crippen LogP contribution in [0.15, 0.2) is 0 Å². The summed E-state index contributed by atoms with van der Waals surface area (Å²) < 4.78 is 0. The summed E-state index contributed by atoms with van der Waals surface area (Å²) in [4.78, 5) is 14.4. The number of aliphatic hydroxyl groups is 1. The molecule has 2 aliphatic rings. The molecular weight excluding hydrogens is 278 g/mol. The molecule has 1 aliphatic heterocycles. The minimum Gasteiger partial charge on any atom is -0.391 e. The van der Waals surface area contributed by atoms with Gasteiger partial charge in [0, 0.05) is 32.2 Å². The lowest BCUT2D eigenvalue weighted by Gasteiger charge is -2.26. The monoisotopic (exact) mass is 311 g/mol. The van der Waals surface area contributed by atoms with Crippen LogP contribution in [0.2, 0.25) is 0 Å². The molecule has 0 spiro atoms. The maximum atomic E-state index is 11.9. The first kappa shape index (κ1) is 17.5. The fourth-order valence-corrected chi connectivity index (χ4v) is 3.41. The smallest absolute Gasteiger partial charge is 0.315 e. The van der Waals surface area contributed by atoms with Gasteiger partial charge in [-0.3, -0.25) is 0 Å². The third kappa shape index (κ3) is 5.43. The van der Waals surface area contributed by atoms with Gasteiger partial charge in [-0.2, -0.15) is 0 Å². The topological polar surface area (TPSA) is 64.6 Å². The first-order valence-electron chi connectivity index (χ1n) is 8.79. The Hall–Kier alpha value is -0.810. The zero-order valence-electron chi connectivity index (χ0n) is 14.4. The number of nitrogens with zero attached hydrogens (tertiary/aromatic N) is 1. The second kappa shape index (κ2) is 7.64. The molecule has 0 bridgehead atoms. The van der Waals surface area contributed by atoms with Gasteiger partial charge in [0.15, 0.2) is 0 Å². The quantitative estimate of drug-likeness (QED) is 0.727. The zero-order valence-corrected chi connectivity index (χ0v) is 14.4. The van der Waals surface area contributed by atoms with Crippen molar-refractivity contribution >= 4 is 6.03 Å². The molecule has 2 fully saturated rings. The van der Waals surface area contributed by atoms with Crippen LogP contribution in [0.4, 0.5) is 4.79 Å². The first-order valence-corrected chi connectivity index (χ1v) is 8.79. The SMILES string of the molecule is CC(C)(C)C(O)CNC(=O)NC1CCN(CC2CCCC2)C1. The summed E-state index contributed by atoms with van der Waals surface area (Å²) >= 11 is 0. The molecule has 1 aliphatic carbocycles. The van der Waals surface area contributed by atoms with E-state index in [-0.39, 0.29) is 17.5 Å². The molecule has 1 saturated carbocycles. The van der Waals surface area contributed by atoms with Crippen molar-refractivity contribution in [3.05, 3.63) is 0 Å². The summed E-state index contributed by atoms with van der Waals surface area (Å²) in [5.41, 5.74) is -0.210. The van der Waals surface area contributed by atoms with Crippen molar-refractivity contribution in [2.24, 2.45) is 11.3 Å². The van der Waals surface area contributed by atoms with E-state index >= 15 is 0 Å². The lowest BCUT2D eigenvalue weighted by molar-refractivity contribution is 0.0649. The summed E-state index contributed by atoms with van der Waals surface area (Å²) in [5, 5.41) is 15.8. The Kier molecular flexibility index (Phi) is 6.09. The number of aliphatic hydroxyl groups excluding tert-OH is 1. The van der Waals surface area contributed by atoms with E-state index in [0.717, 1.165) is 25.4 Å². The highest BCUT2D eigenvalue weighted by atomic mass is 16.3. The van der Waals surface area contributed by atoms with Gasteiger partial charge in [0.2, 0.25) is 0 Å². The molecule has 2 atom stereocenters. The Bertz CT molecular complexity index is 361. The summed E-state index contributed by atoms with van der Waals surface area (Å²) in [6, 6.07) is 0.0872. The van der Waals surface area contributed by atoms with Gasteiger partial charge in [0.25, 0.3) is 0 Å². The van der Waals surface area contributed by atoms with Crippen LogP contribution in [0.3, 0.4) is 0 Å². The molecule has 2 unspecified atom stereocenters. The van der Waals surface area contributed by atoms with E-state index in [1.807, 2.05) is 20.8 Å². The van der Waals surface area contributed by atoms with Crippen molar-refractivity contribution in [2.45, 2.75) is 65.0 Å². The summed E-state index contributed by atoms with van der Waals surface area (Å²) in [6.45, 7) is 9.45. The molecular formula is C17H33N3O2. The van der Waals surface area contributed by atoms with E-state index in [1.54, 1.807) is 0 Å². The highest BCUT2D eigenvalue weighted by Gasteiger charge is 2.27. The number of rotatable bonds is 5. The van der Waals surface area contributed by atoms with Crippen molar-refractivity contribution in [1.82, 2.24) is 15.5 Å². The Morgan fingerprint density at radius 2 is 1.95 bits per heavy atom. The number of nitrogens with one attached hydrogen (secondary N) is 2. The summed E-state index contributed by atoms with van der Waals surface area (Å²) in [5.74, 6) is 0.870. The maximum Gasteiger partial charge on any atom is 0.315 e. The van der Waals surface area contributed by atoms with Gasteiger partial charge in [-0.15, -0.1) is 0 Å². The van der Waals surface area contributed by atoms with Crippen LogP contribution in [0.5, 0.6) is 0 Å². The average molecular weight is 311 g/mol. The van der Waals surface area contributed by atoms with Crippen molar-refractivity contribution in [1.29, 1.82) is 0 Å². The third-order valence-electron chi connectivity index (χ3n) is 5.05. The normalized spacial score (nSPS) is 25.4. The second-order valence-electron chi connectivity index (χ2n) is 8.13. The Balaban J connectivity index is 1.63. The van der Waals surface area contributed by atoms with Crippen LogP contribution >= 0.6 is 0 Å². The highest BCUT2D eigenvalue weighted by Crippen LogP contribution is 2.26. The van der Waals surface area contributed by atoms with Gasteiger partial charge in [-0.1, -0.05) is 33.6 Å². The molecule has 3 N–H and O–H groups in total. The van der Waals surface area contributed by atoms with Crippen LogP contribution in [-0.4, -0.2) is 54.4 Å². The fraction of sp³-hybridized carbons (Fsp3) is 0.941. The van der Waals surface area contributed by atoms with Crippen LogP contribution in [0.25, 0.3) is 0 Å². The Morgan fingerprint density at radius 3 is 2.59 bits per heavy atom. The van der Waals surface area contributed by atoms with Gasteiger partial charge in [0.1, 0.15) is 0 Å². The van der Waals surface area contributed by atoms with Gasteiger partial charge in [-0.05, 0) is 30.6 Å². The van der Waals surface area contributed by atoms with Crippen molar-refractivity contribution in [3.8, 4) is 0 Å². The molecule has 22 heavy (non-hydrogen) atoms. The minimum absolute atomic E-state index is 0.156. The van der Waals surface area contributed by atoms with Crippen LogP contribution in [0.1, 0.15) is 52.9 Å². The number of amides is 2. The molecule has 0 aromatic carbocycles. The first-order chi connectivity index (χ1) is 10.3. The van der Waals surface area contributed by atoms with E-state index in [9.17, 15) is 9.90 Å². The number of hydrogen-bond donors (Lipinski definition) is 3. The Labute approximate surface area is 134 Å². The average Bonchev–Trinajstić information content (AvgIpc) is 3.07. The van der Waals surface area contributed by atoms with E-state index in [4.69, 9.17) is 0 Å². The lowest BCUT2D eigenvalue weighted by atomic mass is 9.89. The molecule has 5 nitrogen and oxygen atoms in total. The molecule has 1 saturated heterocycles. The number of urea groups is 1. The molecule has 128 valence electrons. The van der Waals surface area contributed by atoms with Crippen LogP contribution < -0.4 is 10.6 Å². The lowest BCUT2D eigenvalue weighted by Crippen LogP contribution is -2.47. The highest BCUT2D eigenvalue weighted by molar-refractivity contribution is 5.74. The molecule has 0 aromatic rings. The van der Waals surface area contributed by atoms with Crippen LogP contribution in [-0.2, 0) is 0 Å². The standard InChI is InChI=1S/C17H33N3O2/c1-17(2,3)15(21)10-18-16(22)19-14-8-9-20(12-14)11-13-6-4-5-7-13/h13-15,21H,4-12H2,1-3H3,(H2,18,19,22). The predicted octanol–water partition coefficient (Wildman–Crippen LogP) is 1.96. The van der Waals surface area contributed by atoms with Crippen LogP contribution in [0, 0.1) is 11.3 Å². The van der Waals surface area contributed by atoms with Crippen molar-refractivity contribution in [2.75, 3.05) is 26.2 Å². The number of carbonyl (C=O) groups is 1. The minimum atomic E-state index is -0.527. The van der Waals surface area contributed by atoms with Crippen molar-refractivity contribution < 1.29 is 9.90 Å². The molecule has 0 aromatic heterocycles. The van der Waals surface area contributed by atoms with Gasteiger partial charge >= 0.3 is 6.03 Å². The van der Waals surface area contributed by atoms with E-state index in [0.29, 0.717) is 6.54 Å². The molecule has 2 rings (SSSR count). The summed E-state index contributed by atoms with van der Waals surface area (Å²) in [6.07, 6.45) is 6.03. The molecule has 0 radical (unpaired) electrons. The molecule has 2 amide bonds. The van der Waals surface area contributed by atoms with E-state index in [2.05, 4.69) is 15.5 Å². The number of hydrogen-bond acceptors (Lipinski definition) is 3. The molecule has 5 heteroatoms. The number of likely N-dealkylation sites (tertiary alicyclic amines) is 1. The van der Waals surface area contributed by atoms with Gasteiger partial charge in [-0.25, -0.2) is 4.79 Å². The number of carbonyl (C=O) groups excluding carboxylic acids is 1. The largest absolute Gasteiger partial charge is 0.391 e. The molecule has 1 heterocycles. The van der Waals surface area contributed by atoms with Gasteiger partial charge < -0.3 is 20.6 Å². The van der Waals surface area contributed by atoms with E-state index in [1.165, 1.54) is 32.2 Å². The van der Waals surface area contributed by atoms with E-state index < -0.39 is 6.10 Å². The summed E-state index contributed by atoms with van der Waals surface area (Å²) in [7, 11) is 0. The predicted molar refractivity (Wildman–Crippen MR) is 88.8 cm³/mol. The zero-order chi connectivity index (χ0) is 16.2. The maximum absolute atomic E-state index is 11.9. The third-order valence-corrected chi connectivity index (χ3v) is 5.05. The van der Waals surface area contributed by atoms with Crippen molar-refractivity contribution in [3.63, 3.8) is 0 Å². The Morgan fingerprint density at radius 1 is 1.27 bits per heavy atom. The fourth-order valence-electron chi connectivity index (χ4n) is 3.41.